The molecule has 1 aromatic carbocycles. The maximum Gasteiger partial charge on any atom is 0.170 e. The van der Waals surface area contributed by atoms with Crippen LogP contribution >= 0.6 is 23.2 Å². The van der Waals surface area contributed by atoms with E-state index in [2.05, 4.69) is 17.0 Å². The van der Waals surface area contributed by atoms with Crippen LogP contribution in [0.5, 0.6) is 5.75 Å². The summed E-state index contributed by atoms with van der Waals surface area (Å²) < 4.78 is 27.2. The predicted molar refractivity (Wildman–Crippen MR) is 114 cm³/mol. The summed E-state index contributed by atoms with van der Waals surface area (Å²) in [7, 11) is 0. The van der Waals surface area contributed by atoms with Gasteiger partial charge in [-0.05, 0) is 25.1 Å². The molecule has 0 aliphatic carbocycles. The van der Waals surface area contributed by atoms with Crippen LogP contribution in [0.15, 0.2) is 36.8 Å². The molecule has 6 nitrogen and oxygen atoms in total. The number of nitrogens with two attached hydrogens (primary N) is 1. The Labute approximate surface area is 183 Å². The number of nitrogens with zero attached hydrogens (tertiary/aromatic N) is 3. The zero-order valence-corrected chi connectivity index (χ0v) is 18.0. The lowest BCUT2D eigenvalue weighted by molar-refractivity contribution is -0.111. The Morgan fingerprint density at radius 2 is 2.10 bits per heavy atom. The molecule has 1 aliphatic rings. The smallest absolute Gasteiger partial charge is 0.170 e. The van der Waals surface area contributed by atoms with Crippen LogP contribution in [0.3, 0.4) is 0 Å². The minimum absolute atomic E-state index is 0.0807. The van der Waals surface area contributed by atoms with Gasteiger partial charge in [-0.2, -0.15) is 5.10 Å². The van der Waals surface area contributed by atoms with Crippen molar-refractivity contribution >= 4 is 29.0 Å². The first-order valence-corrected chi connectivity index (χ1v) is 10.2. The molecule has 1 fully saturated rings. The van der Waals surface area contributed by atoms with Crippen molar-refractivity contribution in [2.24, 2.45) is 5.41 Å². The second-order valence-corrected chi connectivity index (χ2v) is 8.61. The first-order chi connectivity index (χ1) is 14.3. The second-order valence-electron chi connectivity index (χ2n) is 7.82. The highest BCUT2D eigenvalue weighted by Gasteiger charge is 2.34. The third-order valence-electron chi connectivity index (χ3n) is 5.10. The van der Waals surface area contributed by atoms with Gasteiger partial charge in [-0.15, -0.1) is 0 Å². The number of halogens is 3. The molecule has 0 bridgehead atoms. The highest BCUT2D eigenvalue weighted by atomic mass is 35.5. The average molecular weight is 451 g/mol. The van der Waals surface area contributed by atoms with Gasteiger partial charge in [-0.3, -0.25) is 4.68 Å². The van der Waals surface area contributed by atoms with Crippen LogP contribution in [-0.4, -0.2) is 28.0 Å². The molecule has 0 spiro atoms. The van der Waals surface area contributed by atoms with E-state index in [1.807, 2.05) is 10.9 Å². The van der Waals surface area contributed by atoms with Crippen LogP contribution in [0.2, 0.25) is 10.0 Å². The van der Waals surface area contributed by atoms with Crippen molar-refractivity contribution in [2.75, 3.05) is 18.9 Å². The fraction of sp³-hybridized carbons (Fsp3) is 0.333. The summed E-state index contributed by atoms with van der Waals surface area (Å²) in [5.74, 6) is -0.00474. The van der Waals surface area contributed by atoms with Crippen molar-refractivity contribution in [1.82, 2.24) is 14.8 Å². The maximum absolute atomic E-state index is 14.0. The van der Waals surface area contributed by atoms with Crippen molar-refractivity contribution in [3.05, 3.63) is 58.2 Å². The highest BCUT2D eigenvalue weighted by molar-refractivity contribution is 6.36. The van der Waals surface area contributed by atoms with Gasteiger partial charge in [0, 0.05) is 39.5 Å². The van der Waals surface area contributed by atoms with Gasteiger partial charge in [-0.25, -0.2) is 9.37 Å². The Kier molecular flexibility index (Phi) is 5.61. The highest BCUT2D eigenvalue weighted by Crippen LogP contribution is 2.40. The summed E-state index contributed by atoms with van der Waals surface area (Å²) in [4.78, 5) is 4.13. The largest absolute Gasteiger partial charge is 0.481 e. The Hall–Kier alpha value is -2.35. The summed E-state index contributed by atoms with van der Waals surface area (Å²) in [5.41, 5.74) is 8.09. The van der Waals surface area contributed by atoms with E-state index in [0.717, 1.165) is 17.7 Å². The third-order valence-corrected chi connectivity index (χ3v) is 5.82. The molecule has 0 saturated carbocycles. The van der Waals surface area contributed by atoms with Crippen LogP contribution in [0.25, 0.3) is 11.1 Å². The van der Waals surface area contributed by atoms with Gasteiger partial charge in [0.15, 0.2) is 11.6 Å². The predicted octanol–water partition coefficient (Wildman–Crippen LogP) is 5.15. The minimum atomic E-state index is -0.660. The standard InChI is InChI=1S/C21H21Cl2FN4O2/c1-12(17-15(22)3-4-16(24)18(17)23)30-19-14(5-6-26-20(19)25)13-7-27-28(8-13)9-21(2)10-29-11-21/h3-8,12H,9-11H2,1-2H3,(H2,25,26). The van der Waals surface area contributed by atoms with Crippen LogP contribution in [0.1, 0.15) is 25.5 Å². The number of ether oxygens (including phenoxy) is 2. The van der Waals surface area contributed by atoms with E-state index in [1.54, 1.807) is 25.4 Å². The van der Waals surface area contributed by atoms with Gasteiger partial charge in [0.2, 0.25) is 0 Å². The molecule has 1 saturated heterocycles. The zero-order valence-electron chi connectivity index (χ0n) is 16.5. The van der Waals surface area contributed by atoms with Crippen molar-refractivity contribution in [3.63, 3.8) is 0 Å². The molecule has 3 heterocycles. The number of hydrogen-bond acceptors (Lipinski definition) is 5. The molecule has 2 N–H and O–H groups in total. The Balaban J connectivity index is 1.64. The topological polar surface area (TPSA) is 75.2 Å². The quantitative estimate of drug-likeness (QED) is 0.525. The van der Waals surface area contributed by atoms with E-state index in [-0.39, 0.29) is 16.3 Å². The third kappa shape index (κ3) is 3.97. The van der Waals surface area contributed by atoms with Crippen molar-refractivity contribution in [1.29, 1.82) is 0 Å². The monoisotopic (exact) mass is 450 g/mol. The summed E-state index contributed by atoms with van der Waals surface area (Å²) in [5, 5.41) is 4.69. The maximum atomic E-state index is 14.0. The fourth-order valence-electron chi connectivity index (χ4n) is 3.49. The van der Waals surface area contributed by atoms with E-state index in [9.17, 15) is 4.39 Å². The van der Waals surface area contributed by atoms with Gasteiger partial charge in [0.05, 0.1) is 31.0 Å². The number of benzene rings is 1. The van der Waals surface area contributed by atoms with Gasteiger partial charge >= 0.3 is 0 Å². The Morgan fingerprint density at radius 1 is 1.33 bits per heavy atom. The van der Waals surface area contributed by atoms with Gasteiger partial charge < -0.3 is 15.2 Å². The number of nitrogen functional groups attached to an aromatic ring is 1. The number of pyridine rings is 1. The lowest BCUT2D eigenvalue weighted by Crippen LogP contribution is -2.43. The molecule has 30 heavy (non-hydrogen) atoms. The summed E-state index contributed by atoms with van der Waals surface area (Å²) >= 11 is 12.4. The first-order valence-electron chi connectivity index (χ1n) is 9.42. The van der Waals surface area contributed by atoms with Crippen LogP contribution in [0, 0.1) is 11.2 Å². The molecule has 1 aliphatic heterocycles. The number of aromatic nitrogens is 3. The lowest BCUT2D eigenvalue weighted by Gasteiger charge is -2.37. The summed E-state index contributed by atoms with van der Waals surface area (Å²) in [6.45, 7) is 6.06. The average Bonchev–Trinajstić information content (AvgIpc) is 3.13. The van der Waals surface area contributed by atoms with E-state index in [4.69, 9.17) is 38.4 Å². The normalized spacial score (nSPS) is 16.2. The van der Waals surface area contributed by atoms with Gasteiger partial charge in [0.25, 0.3) is 0 Å². The molecule has 4 rings (SSSR count). The molecule has 3 aromatic rings. The molecular weight excluding hydrogens is 430 g/mol. The van der Waals surface area contributed by atoms with Gasteiger partial charge in [0.1, 0.15) is 11.9 Å². The number of hydrogen-bond donors (Lipinski definition) is 1. The number of rotatable bonds is 6. The summed E-state index contributed by atoms with van der Waals surface area (Å²) in [6, 6.07) is 4.45. The molecule has 2 aromatic heterocycles. The van der Waals surface area contributed by atoms with Gasteiger partial charge in [-0.1, -0.05) is 30.1 Å². The zero-order chi connectivity index (χ0) is 21.5. The van der Waals surface area contributed by atoms with Crippen LogP contribution in [0.4, 0.5) is 10.2 Å². The van der Waals surface area contributed by atoms with Crippen molar-refractivity contribution < 1.29 is 13.9 Å². The SMILES string of the molecule is CC(Oc1c(-c2cnn(CC3(C)COC3)c2)ccnc1N)c1c(Cl)ccc(F)c1Cl. The Bertz CT molecular complexity index is 1080. The lowest BCUT2D eigenvalue weighted by atomic mass is 9.89. The first kappa shape index (κ1) is 20.9. The van der Waals surface area contributed by atoms with Crippen molar-refractivity contribution in [2.45, 2.75) is 26.5 Å². The molecule has 9 heteroatoms. The van der Waals surface area contributed by atoms with E-state index in [1.165, 1.54) is 12.1 Å². The van der Waals surface area contributed by atoms with E-state index < -0.39 is 11.9 Å². The molecule has 0 amide bonds. The second kappa shape index (κ2) is 8.06. The fourth-order valence-corrected chi connectivity index (χ4v) is 4.17. The molecule has 1 unspecified atom stereocenters. The number of anilines is 1. The van der Waals surface area contributed by atoms with E-state index in [0.29, 0.717) is 29.5 Å². The Morgan fingerprint density at radius 3 is 2.80 bits per heavy atom. The molecule has 0 radical (unpaired) electrons. The van der Waals surface area contributed by atoms with Crippen molar-refractivity contribution in [3.8, 4) is 16.9 Å². The minimum Gasteiger partial charge on any atom is -0.481 e. The van der Waals surface area contributed by atoms with E-state index >= 15 is 0 Å². The molecule has 1 atom stereocenters. The van der Waals surface area contributed by atoms with Crippen LogP contribution < -0.4 is 10.5 Å². The molecular formula is C21H21Cl2FN4O2. The van der Waals surface area contributed by atoms with Crippen LogP contribution in [-0.2, 0) is 11.3 Å². The molecule has 158 valence electrons. The summed E-state index contributed by atoms with van der Waals surface area (Å²) in [6.07, 6.45) is 4.62.